The average molecular weight is 541 g/mol. The van der Waals surface area contributed by atoms with E-state index in [1.807, 2.05) is 0 Å². The van der Waals surface area contributed by atoms with E-state index in [1.54, 1.807) is 6.07 Å². The van der Waals surface area contributed by atoms with E-state index < -0.39 is 11.6 Å². The van der Waals surface area contributed by atoms with Gasteiger partial charge in [-0.25, -0.2) is 23.7 Å². The number of halogens is 2. The Balaban J connectivity index is 1.30. The molecular weight excluding hydrogens is 506 g/mol. The second kappa shape index (κ2) is 10.4. The Morgan fingerprint density at radius 1 is 1.11 bits per heavy atom. The van der Waals surface area contributed by atoms with Crippen molar-refractivity contribution < 1.29 is 13.5 Å². The van der Waals surface area contributed by atoms with Gasteiger partial charge >= 0.3 is 0 Å². The quantitative estimate of drug-likeness (QED) is 0.388. The van der Waals surface area contributed by atoms with Crippen molar-refractivity contribution in [2.75, 3.05) is 29.9 Å². The summed E-state index contributed by atoms with van der Waals surface area (Å²) in [5.74, 6) is -0.182. The standard InChI is InChI=1S/C28H34F2N6OS/c1-17(2)36-16-28(8-4-3-5-9-28)37-25-20(29)12-19(13-23(25)36)24-21(30)14-32-26(34-24)35-27-33-22(15-38-27)18-6-10-31-11-7-18/h12-15,17-18,31H,3-11,16H2,1-2H3,(H,32,33,34,35). The molecular formula is C28H34F2N6OS. The van der Waals surface area contributed by atoms with Crippen molar-refractivity contribution in [1.82, 2.24) is 20.3 Å². The van der Waals surface area contributed by atoms with Crippen LogP contribution < -0.4 is 20.3 Å². The Morgan fingerprint density at radius 2 is 1.89 bits per heavy atom. The number of hydrogen-bond donors (Lipinski definition) is 2. The molecule has 202 valence electrons. The molecule has 0 atom stereocenters. The average Bonchev–Trinajstić information content (AvgIpc) is 3.39. The van der Waals surface area contributed by atoms with Crippen molar-refractivity contribution in [3.05, 3.63) is 41.0 Å². The molecule has 0 radical (unpaired) electrons. The summed E-state index contributed by atoms with van der Waals surface area (Å²) in [6.45, 7) is 6.87. The lowest BCUT2D eigenvalue weighted by molar-refractivity contribution is 0.0232. The lowest BCUT2D eigenvalue weighted by Gasteiger charge is -2.48. The van der Waals surface area contributed by atoms with Crippen LogP contribution in [0.4, 0.5) is 25.5 Å². The van der Waals surface area contributed by atoms with E-state index in [0.29, 0.717) is 28.8 Å². The molecule has 2 fully saturated rings. The third kappa shape index (κ3) is 4.96. The zero-order valence-corrected chi connectivity index (χ0v) is 22.7. The monoisotopic (exact) mass is 540 g/mol. The second-order valence-electron chi connectivity index (χ2n) is 11.0. The van der Waals surface area contributed by atoms with Gasteiger partial charge in [0.1, 0.15) is 11.3 Å². The number of ether oxygens (including phenoxy) is 1. The van der Waals surface area contributed by atoms with Gasteiger partial charge in [-0.15, -0.1) is 11.3 Å². The van der Waals surface area contributed by atoms with Gasteiger partial charge in [0.05, 0.1) is 24.1 Å². The van der Waals surface area contributed by atoms with Crippen LogP contribution in [-0.4, -0.2) is 46.2 Å². The second-order valence-corrected chi connectivity index (χ2v) is 11.8. The number of benzene rings is 1. The molecule has 3 aromatic rings. The normalized spacial score (nSPS) is 19.4. The minimum Gasteiger partial charge on any atom is -0.480 e. The summed E-state index contributed by atoms with van der Waals surface area (Å²) in [7, 11) is 0. The van der Waals surface area contributed by atoms with Crippen LogP contribution in [0.5, 0.6) is 5.75 Å². The molecule has 6 rings (SSSR count). The molecule has 0 bridgehead atoms. The minimum atomic E-state index is -0.610. The topological polar surface area (TPSA) is 75.2 Å². The number of rotatable bonds is 5. The van der Waals surface area contributed by atoms with E-state index in [-0.39, 0.29) is 29.0 Å². The first-order valence-electron chi connectivity index (χ1n) is 13.7. The molecule has 2 N–H and O–H groups in total. The number of thiazole rings is 1. The van der Waals surface area contributed by atoms with Crippen molar-refractivity contribution in [2.45, 2.75) is 76.4 Å². The van der Waals surface area contributed by atoms with E-state index in [4.69, 9.17) is 9.72 Å². The summed E-state index contributed by atoms with van der Waals surface area (Å²) in [4.78, 5) is 15.5. The molecule has 1 aliphatic carbocycles. The van der Waals surface area contributed by atoms with Crippen molar-refractivity contribution >= 4 is 28.1 Å². The Hall–Kier alpha value is -2.85. The van der Waals surface area contributed by atoms with Gasteiger partial charge in [0.25, 0.3) is 0 Å². The third-order valence-electron chi connectivity index (χ3n) is 8.01. The fraction of sp³-hybridized carbons (Fsp3) is 0.536. The molecule has 3 aliphatic rings. The maximum Gasteiger partial charge on any atom is 0.229 e. The Kier molecular flexibility index (Phi) is 6.94. The molecule has 1 saturated heterocycles. The lowest BCUT2D eigenvalue weighted by atomic mass is 9.82. The fourth-order valence-electron chi connectivity index (χ4n) is 5.97. The van der Waals surface area contributed by atoms with Gasteiger partial charge in [0.2, 0.25) is 5.95 Å². The number of nitrogens with zero attached hydrogens (tertiary/aromatic N) is 4. The SMILES string of the molecule is CC(C)N1CC2(CCCCC2)Oc2c(F)cc(-c3nc(Nc4nc(C5CCNCC5)cs4)ncc3F)cc21. The number of aromatic nitrogens is 3. The highest BCUT2D eigenvalue weighted by Gasteiger charge is 2.42. The van der Waals surface area contributed by atoms with Crippen molar-refractivity contribution in [1.29, 1.82) is 0 Å². The Bertz CT molecular complexity index is 1300. The lowest BCUT2D eigenvalue weighted by Crippen LogP contribution is -2.54. The van der Waals surface area contributed by atoms with Crippen molar-refractivity contribution in [3.8, 4) is 17.0 Å². The summed E-state index contributed by atoms with van der Waals surface area (Å²) in [5.41, 5.74) is 1.73. The van der Waals surface area contributed by atoms with E-state index in [2.05, 4.69) is 44.7 Å². The van der Waals surface area contributed by atoms with E-state index in [0.717, 1.165) is 63.5 Å². The van der Waals surface area contributed by atoms with Crippen molar-refractivity contribution in [3.63, 3.8) is 0 Å². The summed E-state index contributed by atoms with van der Waals surface area (Å²) in [5, 5.41) is 9.20. The maximum atomic E-state index is 15.6. The van der Waals surface area contributed by atoms with Crippen LogP contribution in [0.25, 0.3) is 11.3 Å². The van der Waals surface area contributed by atoms with Gasteiger partial charge in [0.15, 0.2) is 22.5 Å². The van der Waals surface area contributed by atoms with E-state index >= 15 is 8.78 Å². The first-order valence-corrected chi connectivity index (χ1v) is 14.5. The zero-order valence-electron chi connectivity index (χ0n) is 21.9. The Morgan fingerprint density at radius 3 is 2.66 bits per heavy atom. The van der Waals surface area contributed by atoms with Crippen LogP contribution >= 0.6 is 11.3 Å². The Labute approximate surface area is 226 Å². The van der Waals surface area contributed by atoms with E-state index in [1.165, 1.54) is 23.8 Å². The highest BCUT2D eigenvalue weighted by molar-refractivity contribution is 7.13. The number of fused-ring (bicyclic) bond motifs is 1. The molecule has 0 unspecified atom stereocenters. The van der Waals surface area contributed by atoms with Crippen LogP contribution in [0, 0.1) is 11.6 Å². The molecule has 7 nitrogen and oxygen atoms in total. The molecule has 2 aromatic heterocycles. The first-order chi connectivity index (χ1) is 18.4. The van der Waals surface area contributed by atoms with Crippen LogP contribution in [0.1, 0.15) is 70.4 Å². The predicted molar refractivity (Wildman–Crippen MR) is 147 cm³/mol. The number of hydrogen-bond acceptors (Lipinski definition) is 8. The van der Waals surface area contributed by atoms with Gasteiger partial charge < -0.3 is 20.3 Å². The number of nitrogens with one attached hydrogen (secondary N) is 2. The highest BCUT2D eigenvalue weighted by atomic mass is 32.1. The minimum absolute atomic E-state index is 0.0426. The first kappa shape index (κ1) is 25.4. The number of piperidine rings is 1. The fourth-order valence-corrected chi connectivity index (χ4v) is 6.75. The molecule has 1 aromatic carbocycles. The summed E-state index contributed by atoms with van der Waals surface area (Å²) in [6.07, 6.45) is 8.43. The van der Waals surface area contributed by atoms with Gasteiger partial charge in [-0.3, -0.25) is 0 Å². The maximum absolute atomic E-state index is 15.6. The van der Waals surface area contributed by atoms with Gasteiger partial charge in [-0.05, 0) is 77.6 Å². The summed E-state index contributed by atoms with van der Waals surface area (Å²) >= 11 is 1.48. The molecule has 1 saturated carbocycles. The smallest absolute Gasteiger partial charge is 0.229 e. The molecule has 0 amide bonds. The van der Waals surface area contributed by atoms with Crippen LogP contribution in [0.3, 0.4) is 0 Å². The third-order valence-corrected chi connectivity index (χ3v) is 8.79. The molecule has 4 heterocycles. The molecule has 10 heteroatoms. The number of anilines is 3. The largest absolute Gasteiger partial charge is 0.480 e. The highest BCUT2D eigenvalue weighted by Crippen LogP contribution is 2.46. The molecule has 1 spiro atoms. The van der Waals surface area contributed by atoms with Crippen LogP contribution in [0.15, 0.2) is 23.7 Å². The summed E-state index contributed by atoms with van der Waals surface area (Å²) < 4.78 is 37.0. The van der Waals surface area contributed by atoms with Gasteiger partial charge in [0, 0.05) is 22.9 Å². The summed E-state index contributed by atoms with van der Waals surface area (Å²) in [6, 6.07) is 3.26. The van der Waals surface area contributed by atoms with Gasteiger partial charge in [-0.1, -0.05) is 6.42 Å². The molecule has 2 aliphatic heterocycles. The van der Waals surface area contributed by atoms with Crippen LogP contribution in [0.2, 0.25) is 0 Å². The van der Waals surface area contributed by atoms with E-state index in [9.17, 15) is 0 Å². The van der Waals surface area contributed by atoms with Gasteiger partial charge in [-0.2, -0.15) is 0 Å². The molecule has 38 heavy (non-hydrogen) atoms. The zero-order chi connectivity index (χ0) is 26.3. The van der Waals surface area contributed by atoms with Crippen molar-refractivity contribution in [2.24, 2.45) is 0 Å². The van der Waals surface area contributed by atoms with Crippen LogP contribution in [-0.2, 0) is 0 Å². The predicted octanol–water partition coefficient (Wildman–Crippen LogP) is 6.40.